The van der Waals surface area contributed by atoms with E-state index in [0.29, 0.717) is 0 Å². The summed E-state index contributed by atoms with van der Waals surface area (Å²) in [5, 5.41) is 6.70. The first-order valence-electron chi connectivity index (χ1n) is 7.16. The fraction of sp³-hybridized carbons (Fsp3) is 0.235. The van der Waals surface area contributed by atoms with Gasteiger partial charge in [-0.25, -0.2) is 4.98 Å². The molecule has 0 saturated heterocycles. The number of rotatable bonds is 5. The van der Waals surface area contributed by atoms with Crippen LogP contribution in [-0.2, 0) is 13.1 Å². The average molecular weight is 297 g/mol. The minimum absolute atomic E-state index is 0.834. The molecule has 108 valence electrons. The van der Waals surface area contributed by atoms with Crippen LogP contribution in [0.2, 0.25) is 0 Å². The molecule has 21 heavy (non-hydrogen) atoms. The maximum absolute atomic E-state index is 4.55. The lowest BCUT2D eigenvalue weighted by Crippen LogP contribution is -2.05. The van der Waals surface area contributed by atoms with Gasteiger partial charge in [-0.1, -0.05) is 12.1 Å². The summed E-state index contributed by atoms with van der Waals surface area (Å²) < 4.78 is 2.25. The molecule has 0 unspecified atom stereocenters. The van der Waals surface area contributed by atoms with Crippen LogP contribution in [0.15, 0.2) is 48.0 Å². The second-order valence-corrected chi connectivity index (χ2v) is 6.03. The van der Waals surface area contributed by atoms with Gasteiger partial charge in [0.25, 0.3) is 0 Å². The third kappa shape index (κ3) is 3.16. The fourth-order valence-electron chi connectivity index (χ4n) is 2.40. The normalized spacial score (nSPS) is 10.8. The van der Waals surface area contributed by atoms with E-state index in [1.807, 2.05) is 6.92 Å². The first-order chi connectivity index (χ1) is 10.3. The predicted octanol–water partition coefficient (Wildman–Crippen LogP) is 4.55. The smallest absolute Gasteiger partial charge is 0.0901 e. The molecule has 1 aromatic carbocycles. The second kappa shape index (κ2) is 6.14. The second-order valence-electron chi connectivity index (χ2n) is 4.97. The number of thiazole rings is 1. The van der Waals surface area contributed by atoms with E-state index in [2.05, 4.69) is 69.8 Å². The van der Waals surface area contributed by atoms with E-state index in [1.165, 1.54) is 5.69 Å². The van der Waals surface area contributed by atoms with Gasteiger partial charge in [0.1, 0.15) is 0 Å². The molecule has 1 N–H and O–H groups in total. The summed E-state index contributed by atoms with van der Waals surface area (Å²) in [5.74, 6) is 0. The Balaban J connectivity index is 1.74. The van der Waals surface area contributed by atoms with Gasteiger partial charge in [-0.2, -0.15) is 0 Å². The number of nitrogens with zero attached hydrogens (tertiary/aromatic N) is 2. The summed E-state index contributed by atoms with van der Waals surface area (Å²) in [6.07, 6.45) is 2.12. The summed E-state index contributed by atoms with van der Waals surface area (Å²) in [4.78, 5) is 4.55. The quantitative estimate of drug-likeness (QED) is 0.748. The van der Waals surface area contributed by atoms with Gasteiger partial charge < -0.3 is 9.88 Å². The zero-order valence-corrected chi connectivity index (χ0v) is 13.2. The Kier molecular flexibility index (Phi) is 4.06. The van der Waals surface area contributed by atoms with Crippen molar-refractivity contribution in [3.63, 3.8) is 0 Å². The molecule has 0 aliphatic heterocycles. The van der Waals surface area contributed by atoms with Gasteiger partial charge in [0.15, 0.2) is 0 Å². The first kappa shape index (κ1) is 13.9. The van der Waals surface area contributed by atoms with Crippen LogP contribution < -0.4 is 5.32 Å². The zero-order chi connectivity index (χ0) is 14.7. The van der Waals surface area contributed by atoms with Gasteiger partial charge >= 0.3 is 0 Å². The van der Waals surface area contributed by atoms with Gasteiger partial charge in [-0.15, -0.1) is 11.3 Å². The minimum Gasteiger partial charge on any atom is -0.379 e. The van der Waals surface area contributed by atoms with Crippen LogP contribution in [0.1, 0.15) is 17.6 Å². The van der Waals surface area contributed by atoms with Crippen molar-refractivity contribution in [3.05, 3.63) is 58.7 Å². The molecule has 0 saturated carbocycles. The van der Waals surface area contributed by atoms with Crippen molar-refractivity contribution in [2.45, 2.75) is 26.9 Å². The molecule has 2 aromatic heterocycles. The Morgan fingerprint density at radius 2 is 2.14 bits per heavy atom. The molecule has 3 nitrogen and oxygen atoms in total. The van der Waals surface area contributed by atoms with Crippen LogP contribution in [0.3, 0.4) is 0 Å². The lowest BCUT2D eigenvalue weighted by atomic mass is 10.1. The molecule has 0 spiro atoms. The summed E-state index contributed by atoms with van der Waals surface area (Å²) in [7, 11) is 0. The van der Waals surface area contributed by atoms with Crippen molar-refractivity contribution in [1.29, 1.82) is 0 Å². The van der Waals surface area contributed by atoms with E-state index in [-0.39, 0.29) is 0 Å². The van der Waals surface area contributed by atoms with Gasteiger partial charge in [0.2, 0.25) is 0 Å². The monoisotopic (exact) mass is 297 g/mol. The number of hydrogen-bond donors (Lipinski definition) is 1. The molecule has 0 fully saturated rings. The van der Waals surface area contributed by atoms with Crippen LogP contribution in [0.5, 0.6) is 0 Å². The van der Waals surface area contributed by atoms with Gasteiger partial charge in [0.05, 0.1) is 17.2 Å². The first-order valence-corrected chi connectivity index (χ1v) is 8.04. The molecular formula is C17H19N3S. The van der Waals surface area contributed by atoms with E-state index in [4.69, 9.17) is 0 Å². The average Bonchev–Trinajstić information content (AvgIpc) is 3.14. The molecule has 3 rings (SSSR count). The molecule has 0 atom stereocenters. The van der Waals surface area contributed by atoms with Crippen LogP contribution in [0, 0.1) is 6.92 Å². The number of anilines is 1. The van der Waals surface area contributed by atoms with Gasteiger partial charge in [0, 0.05) is 35.1 Å². The Hall–Kier alpha value is -2.07. The van der Waals surface area contributed by atoms with E-state index in [0.717, 1.165) is 35.0 Å². The van der Waals surface area contributed by atoms with Crippen molar-refractivity contribution < 1.29 is 0 Å². The molecule has 3 aromatic rings. The minimum atomic E-state index is 0.834. The van der Waals surface area contributed by atoms with E-state index >= 15 is 0 Å². The third-order valence-corrected chi connectivity index (χ3v) is 4.29. The molecular weight excluding hydrogens is 278 g/mol. The predicted molar refractivity (Wildman–Crippen MR) is 89.7 cm³/mol. The van der Waals surface area contributed by atoms with Crippen molar-refractivity contribution in [2.75, 3.05) is 5.32 Å². The highest BCUT2D eigenvalue weighted by molar-refractivity contribution is 7.09. The molecule has 2 heterocycles. The van der Waals surface area contributed by atoms with Crippen LogP contribution in [0.25, 0.3) is 11.3 Å². The highest BCUT2D eigenvalue weighted by Crippen LogP contribution is 2.24. The van der Waals surface area contributed by atoms with Crippen molar-refractivity contribution in [1.82, 2.24) is 9.55 Å². The SMILES string of the molecule is CCn1cccc1CNc1cccc(-c2csc(C)n2)c1. The molecule has 0 aliphatic rings. The highest BCUT2D eigenvalue weighted by atomic mass is 32.1. The molecule has 0 aliphatic carbocycles. The van der Waals surface area contributed by atoms with E-state index in [9.17, 15) is 0 Å². The standard InChI is InChI=1S/C17H19N3S/c1-3-20-9-5-8-16(20)11-18-15-7-4-6-14(10-15)17-12-21-13(2)19-17/h4-10,12,18H,3,11H2,1-2H3. The van der Waals surface area contributed by atoms with Crippen LogP contribution in [-0.4, -0.2) is 9.55 Å². The lowest BCUT2D eigenvalue weighted by Gasteiger charge is -2.10. The molecule has 0 radical (unpaired) electrons. The summed E-state index contributed by atoms with van der Waals surface area (Å²) in [6.45, 7) is 6.03. The maximum Gasteiger partial charge on any atom is 0.0901 e. The number of hydrogen-bond acceptors (Lipinski definition) is 3. The maximum atomic E-state index is 4.55. The van der Waals surface area contributed by atoms with E-state index < -0.39 is 0 Å². The van der Waals surface area contributed by atoms with Crippen molar-refractivity contribution in [3.8, 4) is 11.3 Å². The Bertz CT molecular complexity index is 727. The van der Waals surface area contributed by atoms with Gasteiger partial charge in [-0.05, 0) is 38.1 Å². The van der Waals surface area contributed by atoms with Crippen LogP contribution in [0.4, 0.5) is 5.69 Å². The Morgan fingerprint density at radius 1 is 1.24 bits per heavy atom. The summed E-state index contributed by atoms with van der Waals surface area (Å²) in [6, 6.07) is 12.7. The van der Waals surface area contributed by atoms with Gasteiger partial charge in [-0.3, -0.25) is 0 Å². The largest absolute Gasteiger partial charge is 0.379 e. The van der Waals surface area contributed by atoms with Crippen molar-refractivity contribution in [2.24, 2.45) is 0 Å². The summed E-state index contributed by atoms with van der Waals surface area (Å²) >= 11 is 1.69. The Morgan fingerprint density at radius 3 is 2.90 bits per heavy atom. The highest BCUT2D eigenvalue weighted by Gasteiger charge is 2.04. The Labute approximate surface area is 129 Å². The number of nitrogens with one attached hydrogen (secondary N) is 1. The number of aryl methyl sites for hydroxylation is 2. The zero-order valence-electron chi connectivity index (χ0n) is 12.3. The number of benzene rings is 1. The van der Waals surface area contributed by atoms with Crippen LogP contribution >= 0.6 is 11.3 Å². The van der Waals surface area contributed by atoms with E-state index in [1.54, 1.807) is 11.3 Å². The molecule has 4 heteroatoms. The summed E-state index contributed by atoms with van der Waals surface area (Å²) in [5.41, 5.74) is 4.64. The molecule has 0 bridgehead atoms. The number of aromatic nitrogens is 2. The fourth-order valence-corrected chi connectivity index (χ4v) is 3.02. The topological polar surface area (TPSA) is 29.9 Å². The molecule has 0 amide bonds. The third-order valence-electron chi connectivity index (χ3n) is 3.52. The van der Waals surface area contributed by atoms with Crippen molar-refractivity contribution >= 4 is 17.0 Å². The lowest BCUT2D eigenvalue weighted by molar-refractivity contribution is 0.724.